The molecule has 2 N–H and O–H groups in total. The van der Waals surface area contributed by atoms with Crippen molar-refractivity contribution in [3.05, 3.63) is 0 Å². The van der Waals surface area contributed by atoms with Crippen LogP contribution in [0.5, 0.6) is 0 Å². The first-order valence-electron chi connectivity index (χ1n) is 6.38. The lowest BCUT2D eigenvalue weighted by molar-refractivity contribution is 0.193. The van der Waals surface area contributed by atoms with Gasteiger partial charge in [-0.1, -0.05) is 13.8 Å². The number of hydrogen-bond donors (Lipinski definition) is 2. The molecule has 1 aliphatic rings. The summed E-state index contributed by atoms with van der Waals surface area (Å²) in [6.07, 6.45) is 7.28. The molecule has 0 aromatic heterocycles. The molecule has 3 heteroatoms. The van der Waals surface area contributed by atoms with Crippen molar-refractivity contribution in [3.8, 4) is 0 Å². The monoisotopic (exact) mass is 245 g/mol. The molecule has 2 unspecified atom stereocenters. The molecule has 0 aromatic rings. The first kappa shape index (κ1) is 14.3. The molecule has 0 aliphatic heterocycles. The van der Waals surface area contributed by atoms with Gasteiger partial charge in [0.25, 0.3) is 0 Å². The van der Waals surface area contributed by atoms with Gasteiger partial charge in [-0.3, -0.25) is 0 Å². The number of nitrogens with one attached hydrogen (secondary N) is 1. The normalized spacial score (nSPS) is 25.3. The maximum atomic E-state index is 9.25. The second-order valence-electron chi connectivity index (χ2n) is 5.85. The van der Waals surface area contributed by atoms with Crippen LogP contribution < -0.4 is 5.32 Å². The predicted octanol–water partition coefficient (Wildman–Crippen LogP) is 2.66. The SMILES string of the molecule is CSC(CO)C(C)NC1CCC(C)(C)CC1. The van der Waals surface area contributed by atoms with E-state index >= 15 is 0 Å². The van der Waals surface area contributed by atoms with Gasteiger partial charge in [0, 0.05) is 17.3 Å². The molecule has 0 radical (unpaired) electrons. The zero-order chi connectivity index (χ0) is 12.2. The van der Waals surface area contributed by atoms with Crippen LogP contribution in [0, 0.1) is 5.41 Å². The Labute approximate surface area is 105 Å². The van der Waals surface area contributed by atoms with E-state index in [-0.39, 0.29) is 6.61 Å². The maximum Gasteiger partial charge on any atom is 0.0564 e. The molecule has 0 heterocycles. The Bertz CT molecular complexity index is 194. The van der Waals surface area contributed by atoms with Crippen molar-refractivity contribution >= 4 is 11.8 Å². The van der Waals surface area contributed by atoms with Crippen molar-refractivity contribution in [2.45, 2.75) is 63.8 Å². The fourth-order valence-corrected chi connectivity index (χ4v) is 3.12. The number of aliphatic hydroxyl groups excluding tert-OH is 1. The predicted molar refractivity (Wildman–Crippen MR) is 73.0 cm³/mol. The van der Waals surface area contributed by atoms with E-state index < -0.39 is 0 Å². The van der Waals surface area contributed by atoms with Crippen molar-refractivity contribution < 1.29 is 5.11 Å². The third kappa shape index (κ3) is 4.27. The first-order valence-corrected chi connectivity index (χ1v) is 7.67. The molecular weight excluding hydrogens is 218 g/mol. The summed E-state index contributed by atoms with van der Waals surface area (Å²) in [5.74, 6) is 0. The Kier molecular flexibility index (Phi) is 5.62. The first-order chi connectivity index (χ1) is 7.48. The molecule has 16 heavy (non-hydrogen) atoms. The van der Waals surface area contributed by atoms with Crippen molar-refractivity contribution in [1.82, 2.24) is 5.32 Å². The van der Waals surface area contributed by atoms with Gasteiger partial charge in [-0.15, -0.1) is 0 Å². The van der Waals surface area contributed by atoms with E-state index in [9.17, 15) is 5.11 Å². The highest BCUT2D eigenvalue weighted by Crippen LogP contribution is 2.35. The van der Waals surface area contributed by atoms with Gasteiger partial charge < -0.3 is 10.4 Å². The Hall–Kier alpha value is 0.270. The highest BCUT2D eigenvalue weighted by atomic mass is 32.2. The van der Waals surface area contributed by atoms with Crippen LogP contribution in [0.15, 0.2) is 0 Å². The van der Waals surface area contributed by atoms with Gasteiger partial charge in [0.05, 0.1) is 6.61 Å². The molecular formula is C13H27NOS. The van der Waals surface area contributed by atoms with E-state index in [4.69, 9.17) is 0 Å². The van der Waals surface area contributed by atoms with Gasteiger partial charge in [0.1, 0.15) is 0 Å². The summed E-state index contributed by atoms with van der Waals surface area (Å²) in [4.78, 5) is 0. The molecule has 1 aliphatic carbocycles. The summed E-state index contributed by atoms with van der Waals surface area (Å²) in [7, 11) is 0. The van der Waals surface area contributed by atoms with Crippen LogP contribution in [0.25, 0.3) is 0 Å². The van der Waals surface area contributed by atoms with E-state index in [0.717, 1.165) is 0 Å². The summed E-state index contributed by atoms with van der Waals surface area (Å²) in [6, 6.07) is 1.07. The second kappa shape index (κ2) is 6.27. The molecule has 2 nitrogen and oxygen atoms in total. The molecule has 1 rings (SSSR count). The van der Waals surface area contributed by atoms with Gasteiger partial charge in [-0.2, -0.15) is 11.8 Å². The average molecular weight is 245 g/mol. The van der Waals surface area contributed by atoms with Gasteiger partial charge in [0.2, 0.25) is 0 Å². The molecule has 0 spiro atoms. The van der Waals surface area contributed by atoms with Crippen molar-refractivity contribution in [1.29, 1.82) is 0 Å². The van der Waals surface area contributed by atoms with Crippen LogP contribution >= 0.6 is 11.8 Å². The molecule has 2 atom stereocenters. The topological polar surface area (TPSA) is 32.3 Å². The van der Waals surface area contributed by atoms with Crippen LogP contribution in [0.2, 0.25) is 0 Å². The Morgan fingerprint density at radius 1 is 1.38 bits per heavy atom. The largest absolute Gasteiger partial charge is 0.395 e. The number of thioether (sulfide) groups is 1. The fraction of sp³-hybridized carbons (Fsp3) is 1.00. The van der Waals surface area contributed by atoms with Gasteiger partial charge in [-0.05, 0) is 44.3 Å². The summed E-state index contributed by atoms with van der Waals surface area (Å²) in [5.41, 5.74) is 0.539. The number of rotatable bonds is 5. The van der Waals surface area contributed by atoms with Crippen LogP contribution in [-0.4, -0.2) is 35.3 Å². The average Bonchev–Trinajstić information content (AvgIpc) is 2.23. The third-order valence-corrected chi connectivity index (χ3v) is 5.04. The summed E-state index contributed by atoms with van der Waals surface area (Å²) < 4.78 is 0. The summed E-state index contributed by atoms with van der Waals surface area (Å²) in [6.45, 7) is 7.20. The van der Waals surface area contributed by atoms with E-state index in [0.29, 0.717) is 22.7 Å². The van der Waals surface area contributed by atoms with E-state index in [1.54, 1.807) is 11.8 Å². The van der Waals surface area contributed by atoms with Crippen molar-refractivity contribution in [3.63, 3.8) is 0 Å². The molecule has 0 aromatic carbocycles. The zero-order valence-corrected chi connectivity index (χ0v) is 11.9. The highest BCUT2D eigenvalue weighted by Gasteiger charge is 2.28. The van der Waals surface area contributed by atoms with Gasteiger partial charge in [0.15, 0.2) is 0 Å². The molecule has 1 saturated carbocycles. The lowest BCUT2D eigenvalue weighted by Crippen LogP contribution is -2.45. The van der Waals surface area contributed by atoms with E-state index in [1.165, 1.54) is 25.7 Å². The summed E-state index contributed by atoms with van der Waals surface area (Å²) in [5, 5.41) is 13.3. The quantitative estimate of drug-likeness (QED) is 0.781. The zero-order valence-electron chi connectivity index (χ0n) is 11.1. The molecule has 96 valence electrons. The van der Waals surface area contributed by atoms with Gasteiger partial charge >= 0.3 is 0 Å². The molecule has 0 amide bonds. The molecule has 0 bridgehead atoms. The van der Waals surface area contributed by atoms with Crippen molar-refractivity contribution in [2.75, 3.05) is 12.9 Å². The van der Waals surface area contributed by atoms with Crippen LogP contribution in [0.1, 0.15) is 46.5 Å². The summed E-state index contributed by atoms with van der Waals surface area (Å²) >= 11 is 1.75. The minimum atomic E-state index is 0.271. The Balaban J connectivity index is 2.33. The van der Waals surface area contributed by atoms with Gasteiger partial charge in [-0.25, -0.2) is 0 Å². The smallest absolute Gasteiger partial charge is 0.0564 e. The molecule has 1 fully saturated rings. The minimum absolute atomic E-state index is 0.271. The Morgan fingerprint density at radius 2 is 1.94 bits per heavy atom. The molecule has 0 saturated heterocycles. The van der Waals surface area contributed by atoms with E-state index in [2.05, 4.69) is 32.3 Å². The van der Waals surface area contributed by atoms with Crippen LogP contribution in [-0.2, 0) is 0 Å². The van der Waals surface area contributed by atoms with Crippen molar-refractivity contribution in [2.24, 2.45) is 5.41 Å². The number of hydrogen-bond acceptors (Lipinski definition) is 3. The highest BCUT2D eigenvalue weighted by molar-refractivity contribution is 7.99. The lowest BCUT2D eigenvalue weighted by Gasteiger charge is -2.37. The number of aliphatic hydroxyl groups is 1. The minimum Gasteiger partial charge on any atom is -0.395 e. The Morgan fingerprint density at radius 3 is 2.38 bits per heavy atom. The fourth-order valence-electron chi connectivity index (χ4n) is 2.48. The van der Waals surface area contributed by atoms with Crippen LogP contribution in [0.4, 0.5) is 0 Å². The second-order valence-corrected chi connectivity index (χ2v) is 6.93. The third-order valence-electron chi connectivity index (χ3n) is 3.88. The van der Waals surface area contributed by atoms with E-state index in [1.807, 2.05) is 0 Å². The van der Waals surface area contributed by atoms with Crippen LogP contribution in [0.3, 0.4) is 0 Å². The standard InChI is InChI=1S/C13H27NOS/c1-10(12(9-15)16-4)14-11-5-7-13(2,3)8-6-11/h10-12,14-15H,5-9H2,1-4H3. The lowest BCUT2D eigenvalue weighted by atomic mass is 9.75. The maximum absolute atomic E-state index is 9.25.